The van der Waals surface area contributed by atoms with E-state index in [1.165, 1.54) is 88.2 Å². The van der Waals surface area contributed by atoms with Gasteiger partial charge >= 0.3 is 0 Å². The average Bonchev–Trinajstić information content (AvgIpc) is 2.60. The van der Waals surface area contributed by atoms with Gasteiger partial charge in [-0.3, -0.25) is 0 Å². The first kappa shape index (κ1) is 18.3. The van der Waals surface area contributed by atoms with Gasteiger partial charge in [-0.1, -0.05) is 95.6 Å². The number of aryl methyl sites for hydroxylation is 1. The molecule has 0 aromatic heterocycles. The molecule has 1 aliphatic rings. The average molecular weight is 313 g/mol. The van der Waals surface area contributed by atoms with Gasteiger partial charge in [-0.05, 0) is 48.3 Å². The van der Waals surface area contributed by atoms with Crippen molar-refractivity contribution in [2.24, 2.45) is 5.92 Å². The molecule has 0 saturated heterocycles. The molecular weight excluding hydrogens is 276 g/mol. The van der Waals surface area contributed by atoms with Gasteiger partial charge in [0.15, 0.2) is 0 Å². The summed E-state index contributed by atoms with van der Waals surface area (Å²) in [6.45, 7) is 4.55. The first-order valence-electron chi connectivity index (χ1n) is 10.1. The minimum atomic E-state index is 0.948. The van der Waals surface area contributed by atoms with Crippen LogP contribution >= 0.6 is 0 Å². The van der Waals surface area contributed by atoms with Crippen molar-refractivity contribution in [3.8, 4) is 0 Å². The number of allylic oxidation sites excluding steroid dienone is 2. The first-order valence-corrected chi connectivity index (χ1v) is 10.1. The number of unbranched alkanes of at least 4 members (excludes halogenated alkanes) is 5. The zero-order valence-electron chi connectivity index (χ0n) is 15.4. The van der Waals surface area contributed by atoms with Gasteiger partial charge in [-0.25, -0.2) is 0 Å². The fourth-order valence-corrected chi connectivity index (χ4v) is 3.80. The molecule has 2 rings (SSSR count). The Kier molecular flexibility index (Phi) is 8.50. The lowest BCUT2D eigenvalue weighted by Crippen LogP contribution is -2.05. The summed E-state index contributed by atoms with van der Waals surface area (Å²) in [5, 5.41) is 0. The SMILES string of the molecule is CCCCCCCCC1CC=C(c2ccc(CCC)cc2)CC1. The molecule has 0 heterocycles. The molecule has 128 valence electrons. The summed E-state index contributed by atoms with van der Waals surface area (Å²) in [4.78, 5) is 0. The summed E-state index contributed by atoms with van der Waals surface area (Å²) in [7, 11) is 0. The smallest absolute Gasteiger partial charge is 0.0228 e. The Bertz CT molecular complexity index is 451. The lowest BCUT2D eigenvalue weighted by molar-refractivity contribution is 0.423. The quantitative estimate of drug-likeness (QED) is 0.391. The third-order valence-electron chi connectivity index (χ3n) is 5.35. The van der Waals surface area contributed by atoms with Crippen LogP contribution < -0.4 is 0 Å². The summed E-state index contributed by atoms with van der Waals surface area (Å²) >= 11 is 0. The van der Waals surface area contributed by atoms with Crippen LogP contribution in [0.4, 0.5) is 0 Å². The van der Waals surface area contributed by atoms with E-state index in [9.17, 15) is 0 Å². The minimum Gasteiger partial charge on any atom is -0.0804 e. The summed E-state index contributed by atoms with van der Waals surface area (Å²) in [5.41, 5.74) is 4.53. The van der Waals surface area contributed by atoms with E-state index < -0.39 is 0 Å². The Balaban J connectivity index is 1.70. The highest BCUT2D eigenvalue weighted by Gasteiger charge is 2.15. The third kappa shape index (κ3) is 6.53. The molecule has 0 saturated carbocycles. The molecule has 0 spiro atoms. The molecule has 0 aliphatic heterocycles. The van der Waals surface area contributed by atoms with Crippen molar-refractivity contribution in [1.82, 2.24) is 0 Å². The van der Waals surface area contributed by atoms with Crippen LogP contribution in [0.3, 0.4) is 0 Å². The lowest BCUT2D eigenvalue weighted by Gasteiger charge is -2.22. The molecule has 0 fully saturated rings. The van der Waals surface area contributed by atoms with Crippen LogP contribution in [0.2, 0.25) is 0 Å². The van der Waals surface area contributed by atoms with E-state index in [0.717, 1.165) is 5.92 Å². The van der Waals surface area contributed by atoms with Crippen LogP contribution in [0.15, 0.2) is 30.3 Å². The first-order chi connectivity index (χ1) is 11.3. The van der Waals surface area contributed by atoms with Gasteiger partial charge in [0.2, 0.25) is 0 Å². The van der Waals surface area contributed by atoms with Crippen molar-refractivity contribution >= 4 is 5.57 Å². The summed E-state index contributed by atoms with van der Waals surface area (Å²) < 4.78 is 0. The van der Waals surface area contributed by atoms with E-state index in [1.807, 2.05) is 0 Å². The third-order valence-corrected chi connectivity index (χ3v) is 5.35. The van der Waals surface area contributed by atoms with Crippen LogP contribution in [0.25, 0.3) is 5.57 Å². The zero-order valence-corrected chi connectivity index (χ0v) is 15.4. The molecular formula is C23H36. The van der Waals surface area contributed by atoms with E-state index in [-0.39, 0.29) is 0 Å². The van der Waals surface area contributed by atoms with Gasteiger partial charge in [-0.15, -0.1) is 0 Å². The zero-order chi connectivity index (χ0) is 16.3. The van der Waals surface area contributed by atoms with Crippen LogP contribution in [0.1, 0.15) is 95.6 Å². The van der Waals surface area contributed by atoms with Gasteiger partial charge in [-0.2, -0.15) is 0 Å². The second-order valence-corrected chi connectivity index (χ2v) is 7.37. The molecule has 0 N–H and O–H groups in total. The second-order valence-electron chi connectivity index (χ2n) is 7.37. The van der Waals surface area contributed by atoms with Crippen LogP contribution in [-0.4, -0.2) is 0 Å². The largest absolute Gasteiger partial charge is 0.0804 e. The fraction of sp³-hybridized carbons (Fsp3) is 0.652. The van der Waals surface area contributed by atoms with E-state index in [1.54, 1.807) is 5.57 Å². The van der Waals surface area contributed by atoms with Crippen LogP contribution in [0.5, 0.6) is 0 Å². The maximum Gasteiger partial charge on any atom is -0.0228 e. The molecule has 1 atom stereocenters. The summed E-state index contributed by atoms with van der Waals surface area (Å²) in [6.07, 6.45) is 19.0. The van der Waals surface area contributed by atoms with Gasteiger partial charge < -0.3 is 0 Å². The topological polar surface area (TPSA) is 0 Å². The molecule has 23 heavy (non-hydrogen) atoms. The van der Waals surface area contributed by atoms with E-state index in [2.05, 4.69) is 44.2 Å². The Hall–Kier alpha value is -1.04. The van der Waals surface area contributed by atoms with Gasteiger partial charge in [0.1, 0.15) is 0 Å². The molecule has 0 nitrogen and oxygen atoms in total. The van der Waals surface area contributed by atoms with E-state index in [4.69, 9.17) is 0 Å². The predicted molar refractivity (Wildman–Crippen MR) is 104 cm³/mol. The maximum atomic E-state index is 2.53. The minimum absolute atomic E-state index is 0.948. The van der Waals surface area contributed by atoms with E-state index in [0.29, 0.717) is 0 Å². The highest BCUT2D eigenvalue weighted by Crippen LogP contribution is 2.33. The normalized spacial score (nSPS) is 18.0. The Labute approximate surface area is 144 Å². The summed E-state index contributed by atoms with van der Waals surface area (Å²) in [5.74, 6) is 0.948. The number of hydrogen-bond acceptors (Lipinski definition) is 0. The van der Waals surface area contributed by atoms with Crippen molar-refractivity contribution in [2.45, 2.75) is 90.9 Å². The van der Waals surface area contributed by atoms with Gasteiger partial charge in [0.05, 0.1) is 0 Å². The van der Waals surface area contributed by atoms with Gasteiger partial charge in [0.25, 0.3) is 0 Å². The molecule has 0 heteroatoms. The van der Waals surface area contributed by atoms with Gasteiger partial charge in [0, 0.05) is 0 Å². The Morgan fingerprint density at radius 2 is 1.61 bits per heavy atom. The molecule has 0 bridgehead atoms. The van der Waals surface area contributed by atoms with Crippen molar-refractivity contribution in [2.75, 3.05) is 0 Å². The van der Waals surface area contributed by atoms with Crippen molar-refractivity contribution < 1.29 is 0 Å². The monoisotopic (exact) mass is 312 g/mol. The maximum absolute atomic E-state index is 2.53. The molecule has 0 amide bonds. The number of benzene rings is 1. The molecule has 1 unspecified atom stereocenters. The van der Waals surface area contributed by atoms with Crippen molar-refractivity contribution in [1.29, 1.82) is 0 Å². The van der Waals surface area contributed by atoms with Crippen molar-refractivity contribution in [3.05, 3.63) is 41.5 Å². The fourth-order valence-electron chi connectivity index (χ4n) is 3.80. The number of hydrogen-bond donors (Lipinski definition) is 0. The van der Waals surface area contributed by atoms with Crippen molar-refractivity contribution in [3.63, 3.8) is 0 Å². The Morgan fingerprint density at radius 3 is 2.26 bits per heavy atom. The molecule has 0 radical (unpaired) electrons. The van der Waals surface area contributed by atoms with Crippen LogP contribution in [0, 0.1) is 5.92 Å². The predicted octanol–water partition coefficient (Wildman–Crippen LogP) is 7.57. The highest BCUT2D eigenvalue weighted by molar-refractivity contribution is 5.66. The summed E-state index contributed by atoms with van der Waals surface area (Å²) in [6, 6.07) is 9.32. The van der Waals surface area contributed by atoms with E-state index >= 15 is 0 Å². The number of rotatable bonds is 10. The molecule has 1 aromatic rings. The Morgan fingerprint density at radius 1 is 0.870 bits per heavy atom. The van der Waals surface area contributed by atoms with Crippen LogP contribution in [-0.2, 0) is 6.42 Å². The molecule has 1 aromatic carbocycles. The standard InChI is InChI=1S/C23H36/c1-3-5-6-7-8-9-11-21-14-18-23(19-15-21)22-16-12-20(10-4-2)13-17-22/h12-13,16-18,21H,3-11,14-15,19H2,1-2H3. The lowest BCUT2D eigenvalue weighted by atomic mass is 9.83. The molecule has 1 aliphatic carbocycles. The second kappa shape index (κ2) is 10.7. The highest BCUT2D eigenvalue weighted by atomic mass is 14.2.